The molecule has 0 N–H and O–H groups in total. The van der Waals surface area contributed by atoms with Gasteiger partial charge in [0.15, 0.2) is 0 Å². The number of amides is 1. The number of aryl methyl sites for hydroxylation is 1. The standard InChI is InChI=1S/C14H14F2N2O/c1-9-6-11(13(16)7-12(9)15)14(19)18-5-3-2-4-10(18)8-17/h6-7,10H,2-5H2,1H3. The van der Waals surface area contributed by atoms with Crippen molar-refractivity contribution in [1.29, 1.82) is 5.26 Å². The van der Waals surface area contributed by atoms with Crippen LogP contribution in [0.1, 0.15) is 35.2 Å². The van der Waals surface area contributed by atoms with Crippen molar-refractivity contribution in [2.45, 2.75) is 32.2 Å². The van der Waals surface area contributed by atoms with E-state index in [1.165, 1.54) is 17.9 Å². The average molecular weight is 264 g/mol. The van der Waals surface area contributed by atoms with Crippen molar-refractivity contribution in [3.8, 4) is 6.07 Å². The molecule has 1 aliphatic heterocycles. The van der Waals surface area contributed by atoms with E-state index in [4.69, 9.17) is 5.26 Å². The zero-order chi connectivity index (χ0) is 14.0. The fourth-order valence-corrected chi connectivity index (χ4v) is 2.28. The number of hydrogen-bond acceptors (Lipinski definition) is 2. The van der Waals surface area contributed by atoms with Crippen molar-refractivity contribution >= 4 is 5.91 Å². The summed E-state index contributed by atoms with van der Waals surface area (Å²) in [6.45, 7) is 1.91. The lowest BCUT2D eigenvalue weighted by atomic mass is 10.0. The lowest BCUT2D eigenvalue weighted by Crippen LogP contribution is -2.43. The van der Waals surface area contributed by atoms with Crippen molar-refractivity contribution in [2.24, 2.45) is 0 Å². The highest BCUT2D eigenvalue weighted by atomic mass is 19.1. The van der Waals surface area contributed by atoms with Gasteiger partial charge in [-0.15, -0.1) is 0 Å². The van der Waals surface area contributed by atoms with Crippen molar-refractivity contribution in [2.75, 3.05) is 6.54 Å². The number of likely N-dealkylation sites (tertiary alicyclic amines) is 1. The maximum atomic E-state index is 13.7. The number of hydrogen-bond donors (Lipinski definition) is 0. The van der Waals surface area contributed by atoms with Crippen LogP contribution in [0, 0.1) is 29.9 Å². The predicted molar refractivity (Wildman–Crippen MR) is 65.4 cm³/mol. The smallest absolute Gasteiger partial charge is 0.257 e. The Hall–Kier alpha value is -1.96. The predicted octanol–water partition coefficient (Wildman–Crippen LogP) is 2.79. The highest BCUT2D eigenvalue weighted by Crippen LogP contribution is 2.22. The molecule has 0 saturated carbocycles. The Balaban J connectivity index is 2.33. The molecule has 3 nitrogen and oxygen atoms in total. The second-order valence-corrected chi connectivity index (χ2v) is 4.72. The Labute approximate surface area is 110 Å². The van der Waals surface area contributed by atoms with Gasteiger partial charge in [-0.3, -0.25) is 4.79 Å². The first-order valence-electron chi connectivity index (χ1n) is 6.21. The van der Waals surface area contributed by atoms with Crippen LogP contribution in [0.25, 0.3) is 0 Å². The third kappa shape index (κ3) is 2.58. The maximum Gasteiger partial charge on any atom is 0.257 e. The second-order valence-electron chi connectivity index (χ2n) is 4.72. The van der Waals surface area contributed by atoms with Gasteiger partial charge in [-0.1, -0.05) is 0 Å². The minimum Gasteiger partial charge on any atom is -0.323 e. The first-order chi connectivity index (χ1) is 9.04. The van der Waals surface area contributed by atoms with E-state index >= 15 is 0 Å². The molecule has 0 aromatic heterocycles. The van der Waals surface area contributed by atoms with Crippen molar-refractivity contribution in [3.05, 3.63) is 34.9 Å². The van der Waals surface area contributed by atoms with Crippen molar-refractivity contribution in [3.63, 3.8) is 0 Å². The third-order valence-electron chi connectivity index (χ3n) is 3.39. The first kappa shape index (κ1) is 13.5. The summed E-state index contributed by atoms with van der Waals surface area (Å²) >= 11 is 0. The van der Waals surface area contributed by atoms with Crippen molar-refractivity contribution in [1.82, 2.24) is 4.90 Å². The van der Waals surface area contributed by atoms with Crippen molar-refractivity contribution < 1.29 is 13.6 Å². The van der Waals surface area contributed by atoms with Gasteiger partial charge in [0.05, 0.1) is 11.6 Å². The average Bonchev–Trinajstić information content (AvgIpc) is 2.42. The Morgan fingerprint density at radius 1 is 1.37 bits per heavy atom. The summed E-state index contributed by atoms with van der Waals surface area (Å²) in [5.74, 6) is -2.09. The molecule has 1 fully saturated rings. The molecule has 1 heterocycles. The van der Waals surface area contributed by atoms with Crippen LogP contribution < -0.4 is 0 Å². The number of rotatable bonds is 1. The van der Waals surface area contributed by atoms with Gasteiger partial charge >= 0.3 is 0 Å². The summed E-state index contributed by atoms with van der Waals surface area (Å²) in [6.07, 6.45) is 2.28. The Morgan fingerprint density at radius 3 is 2.79 bits per heavy atom. The van der Waals surface area contributed by atoms with Gasteiger partial charge in [0.1, 0.15) is 17.7 Å². The lowest BCUT2D eigenvalue weighted by Gasteiger charge is -2.31. The van der Waals surface area contributed by atoms with Gasteiger partial charge < -0.3 is 4.90 Å². The van der Waals surface area contributed by atoms with E-state index in [-0.39, 0.29) is 11.1 Å². The third-order valence-corrected chi connectivity index (χ3v) is 3.39. The topological polar surface area (TPSA) is 44.1 Å². The summed E-state index contributed by atoms with van der Waals surface area (Å²) in [5, 5.41) is 9.03. The fraction of sp³-hybridized carbons (Fsp3) is 0.429. The molecular weight excluding hydrogens is 250 g/mol. The van der Waals surface area contributed by atoms with Gasteiger partial charge in [0.2, 0.25) is 0 Å². The van der Waals surface area contributed by atoms with Gasteiger partial charge in [0, 0.05) is 12.6 Å². The highest BCUT2D eigenvalue weighted by molar-refractivity contribution is 5.95. The van der Waals surface area contributed by atoms with Crippen LogP contribution in [0.2, 0.25) is 0 Å². The number of carbonyl (C=O) groups is 1. The van der Waals surface area contributed by atoms with Crippen LogP contribution in [-0.2, 0) is 0 Å². The Kier molecular flexibility index (Phi) is 3.79. The summed E-state index contributed by atoms with van der Waals surface area (Å²) in [7, 11) is 0. The van der Waals surface area contributed by atoms with Crippen LogP contribution in [-0.4, -0.2) is 23.4 Å². The van der Waals surface area contributed by atoms with Crippen LogP contribution in [0.3, 0.4) is 0 Å². The van der Waals surface area contributed by atoms with Gasteiger partial charge in [-0.2, -0.15) is 5.26 Å². The van der Waals surface area contributed by atoms with E-state index in [9.17, 15) is 13.6 Å². The second kappa shape index (κ2) is 5.35. The minimum atomic E-state index is -0.879. The number of benzene rings is 1. The summed E-state index contributed by atoms with van der Waals surface area (Å²) < 4.78 is 26.9. The molecule has 5 heteroatoms. The van der Waals surface area contributed by atoms with E-state index in [0.29, 0.717) is 19.0 Å². The quantitative estimate of drug-likeness (QED) is 0.782. The summed E-state index contributed by atoms with van der Waals surface area (Å²) in [6, 6.07) is 3.46. The number of nitrogens with zero attached hydrogens (tertiary/aromatic N) is 2. The summed E-state index contributed by atoms with van der Waals surface area (Å²) in [4.78, 5) is 13.6. The molecule has 19 heavy (non-hydrogen) atoms. The Morgan fingerprint density at radius 2 is 2.11 bits per heavy atom. The van der Waals surface area contributed by atoms with Crippen LogP contribution >= 0.6 is 0 Å². The highest BCUT2D eigenvalue weighted by Gasteiger charge is 2.29. The van der Waals surface area contributed by atoms with Gasteiger partial charge in [0.25, 0.3) is 5.91 Å². The zero-order valence-electron chi connectivity index (χ0n) is 10.6. The Bertz CT molecular complexity index is 551. The monoisotopic (exact) mass is 264 g/mol. The SMILES string of the molecule is Cc1cc(C(=O)N2CCCCC2C#N)c(F)cc1F. The molecule has 1 amide bonds. The molecule has 1 saturated heterocycles. The molecule has 1 aromatic carbocycles. The summed E-state index contributed by atoms with van der Waals surface area (Å²) in [5.41, 5.74) is 0.0521. The number of piperidine rings is 1. The van der Waals surface area contributed by atoms with Gasteiger partial charge in [-0.25, -0.2) is 8.78 Å². The molecule has 1 unspecified atom stereocenters. The van der Waals surface area contributed by atoms with E-state index in [1.54, 1.807) is 0 Å². The van der Waals surface area contributed by atoms with Crippen LogP contribution in [0.15, 0.2) is 12.1 Å². The first-order valence-corrected chi connectivity index (χ1v) is 6.21. The minimum absolute atomic E-state index is 0.166. The molecule has 0 aliphatic carbocycles. The molecule has 1 aromatic rings. The molecule has 1 atom stereocenters. The lowest BCUT2D eigenvalue weighted by molar-refractivity contribution is 0.0665. The molecule has 0 radical (unpaired) electrons. The van der Waals surface area contributed by atoms with E-state index in [0.717, 1.165) is 12.8 Å². The van der Waals surface area contributed by atoms with Gasteiger partial charge in [-0.05, 0) is 37.8 Å². The molecule has 100 valence electrons. The zero-order valence-corrected chi connectivity index (χ0v) is 10.6. The molecule has 1 aliphatic rings. The van der Waals surface area contributed by atoms with Crippen LogP contribution in [0.5, 0.6) is 0 Å². The van der Waals surface area contributed by atoms with Crippen LogP contribution in [0.4, 0.5) is 8.78 Å². The van der Waals surface area contributed by atoms with E-state index in [2.05, 4.69) is 6.07 Å². The van der Waals surface area contributed by atoms with E-state index < -0.39 is 23.6 Å². The number of nitriles is 1. The van der Waals surface area contributed by atoms with E-state index in [1.807, 2.05) is 0 Å². The largest absolute Gasteiger partial charge is 0.323 e. The molecule has 0 bridgehead atoms. The number of carbonyl (C=O) groups excluding carboxylic acids is 1. The molecule has 2 rings (SSSR count). The normalized spacial score (nSPS) is 19.1. The molecule has 0 spiro atoms. The maximum absolute atomic E-state index is 13.7. The number of halogens is 2. The molecular formula is C14H14F2N2O. The fourth-order valence-electron chi connectivity index (χ4n) is 2.28.